The highest BCUT2D eigenvalue weighted by Gasteiger charge is 2.25. The number of nitrogens with one attached hydrogen (secondary N) is 1. The predicted octanol–water partition coefficient (Wildman–Crippen LogP) is 3.31. The van der Waals surface area contributed by atoms with Gasteiger partial charge in [-0.05, 0) is 18.2 Å². The fourth-order valence-electron chi connectivity index (χ4n) is 2.85. The summed E-state index contributed by atoms with van der Waals surface area (Å²) in [5, 5.41) is 24.6. The molecule has 1 saturated heterocycles. The van der Waals surface area contributed by atoms with E-state index in [0.29, 0.717) is 5.56 Å². The van der Waals surface area contributed by atoms with Gasteiger partial charge in [-0.25, -0.2) is 0 Å². The summed E-state index contributed by atoms with van der Waals surface area (Å²) < 4.78 is 0. The molecule has 0 atom stereocenters. The third-order valence-corrected chi connectivity index (χ3v) is 5.07. The number of nitrogens with zero attached hydrogens (tertiary/aromatic N) is 3. The zero-order valence-electron chi connectivity index (χ0n) is 14.2. The summed E-state index contributed by atoms with van der Waals surface area (Å²) >= 11 is 1.86. The maximum atomic E-state index is 12.7. The van der Waals surface area contributed by atoms with E-state index in [1.807, 2.05) is 23.9 Å². The van der Waals surface area contributed by atoms with Crippen LogP contribution in [0.4, 0.5) is 22.7 Å². The van der Waals surface area contributed by atoms with Crippen molar-refractivity contribution in [2.75, 3.05) is 34.8 Å². The minimum atomic E-state index is -0.840. The van der Waals surface area contributed by atoms with Crippen LogP contribution in [0.1, 0.15) is 10.4 Å². The van der Waals surface area contributed by atoms with E-state index in [1.54, 1.807) is 12.1 Å². The zero-order chi connectivity index (χ0) is 19.4. The maximum absolute atomic E-state index is 12.7. The molecular weight excluding hydrogens is 372 g/mol. The van der Waals surface area contributed by atoms with E-state index in [0.717, 1.165) is 42.4 Å². The molecule has 1 N–H and O–H groups in total. The number of thioether (sulfide) groups is 1. The van der Waals surface area contributed by atoms with Gasteiger partial charge in [-0.3, -0.25) is 25.0 Å². The molecule has 1 aliphatic heterocycles. The quantitative estimate of drug-likeness (QED) is 0.616. The summed E-state index contributed by atoms with van der Waals surface area (Å²) in [5.41, 5.74) is 0.0850. The number of rotatable bonds is 5. The van der Waals surface area contributed by atoms with Crippen molar-refractivity contribution in [1.82, 2.24) is 0 Å². The van der Waals surface area contributed by atoms with Crippen LogP contribution in [0.15, 0.2) is 42.5 Å². The van der Waals surface area contributed by atoms with Gasteiger partial charge in [0.15, 0.2) is 0 Å². The monoisotopic (exact) mass is 388 g/mol. The smallest absolute Gasteiger partial charge is 0.348 e. The van der Waals surface area contributed by atoms with Crippen LogP contribution in [0.5, 0.6) is 0 Å². The SMILES string of the molecule is O=C(Nc1ccc([N+](=O)[O-])c([N+](=O)[O-])c1)c1ccccc1N1CCSCC1. The van der Waals surface area contributed by atoms with Gasteiger partial charge in [0, 0.05) is 48.1 Å². The number of amides is 1. The Morgan fingerprint density at radius 2 is 1.67 bits per heavy atom. The van der Waals surface area contributed by atoms with Crippen molar-refractivity contribution in [2.24, 2.45) is 0 Å². The molecule has 0 unspecified atom stereocenters. The third kappa shape index (κ3) is 4.17. The van der Waals surface area contributed by atoms with E-state index < -0.39 is 27.1 Å². The molecular formula is C17H16N4O5S. The first kappa shape index (κ1) is 18.6. The van der Waals surface area contributed by atoms with Crippen molar-refractivity contribution >= 4 is 40.4 Å². The Bertz CT molecular complexity index is 899. The number of hydrogen-bond donors (Lipinski definition) is 1. The Balaban J connectivity index is 1.87. The minimum absolute atomic E-state index is 0.126. The molecule has 3 rings (SSSR count). The number of benzene rings is 2. The molecule has 10 heteroatoms. The number of nitro groups is 2. The molecule has 0 radical (unpaired) electrons. The second-order valence-corrected chi connectivity index (χ2v) is 7.01. The van der Waals surface area contributed by atoms with Crippen LogP contribution >= 0.6 is 11.8 Å². The molecule has 1 heterocycles. The molecule has 2 aromatic rings. The first-order valence-corrected chi connectivity index (χ1v) is 9.29. The number of anilines is 2. The van der Waals surface area contributed by atoms with Crippen molar-refractivity contribution in [3.05, 3.63) is 68.3 Å². The molecule has 1 amide bonds. The van der Waals surface area contributed by atoms with Crippen LogP contribution in [0.3, 0.4) is 0 Å². The van der Waals surface area contributed by atoms with Gasteiger partial charge in [-0.1, -0.05) is 12.1 Å². The fourth-order valence-corrected chi connectivity index (χ4v) is 3.75. The lowest BCUT2D eigenvalue weighted by atomic mass is 10.1. The Hall–Kier alpha value is -3.14. The summed E-state index contributed by atoms with van der Waals surface area (Å²) in [4.78, 5) is 35.2. The van der Waals surface area contributed by atoms with Gasteiger partial charge in [0.05, 0.1) is 15.4 Å². The molecule has 2 aromatic carbocycles. The van der Waals surface area contributed by atoms with Crippen LogP contribution in [0, 0.1) is 20.2 Å². The number of carbonyl (C=O) groups is 1. The van der Waals surface area contributed by atoms with Crippen molar-refractivity contribution in [3.8, 4) is 0 Å². The maximum Gasteiger partial charge on any atom is 0.348 e. The zero-order valence-corrected chi connectivity index (χ0v) is 15.0. The Morgan fingerprint density at radius 1 is 1.00 bits per heavy atom. The second-order valence-electron chi connectivity index (χ2n) is 5.79. The molecule has 0 saturated carbocycles. The van der Waals surface area contributed by atoms with Gasteiger partial charge in [-0.2, -0.15) is 11.8 Å². The van der Waals surface area contributed by atoms with Gasteiger partial charge in [0.25, 0.3) is 5.91 Å². The first-order valence-electron chi connectivity index (χ1n) is 8.13. The lowest BCUT2D eigenvalue weighted by molar-refractivity contribution is -0.422. The van der Waals surface area contributed by atoms with E-state index in [-0.39, 0.29) is 5.69 Å². The van der Waals surface area contributed by atoms with E-state index in [2.05, 4.69) is 10.2 Å². The first-order chi connectivity index (χ1) is 13.0. The van der Waals surface area contributed by atoms with Gasteiger partial charge in [0.2, 0.25) is 0 Å². The summed E-state index contributed by atoms with van der Waals surface area (Å²) in [6, 6.07) is 10.4. The van der Waals surface area contributed by atoms with Crippen molar-refractivity contribution in [3.63, 3.8) is 0 Å². The lowest BCUT2D eigenvalue weighted by Gasteiger charge is -2.30. The van der Waals surface area contributed by atoms with Crippen LogP contribution < -0.4 is 10.2 Å². The van der Waals surface area contributed by atoms with Crippen LogP contribution in [0.25, 0.3) is 0 Å². The number of nitro benzene ring substituents is 2. The number of hydrogen-bond acceptors (Lipinski definition) is 7. The molecule has 27 heavy (non-hydrogen) atoms. The third-order valence-electron chi connectivity index (χ3n) is 4.13. The van der Waals surface area contributed by atoms with E-state index in [9.17, 15) is 25.0 Å². The van der Waals surface area contributed by atoms with E-state index in [1.165, 1.54) is 6.07 Å². The molecule has 0 spiro atoms. The summed E-state index contributed by atoms with van der Waals surface area (Å²) in [5.74, 6) is 1.53. The molecule has 9 nitrogen and oxygen atoms in total. The van der Waals surface area contributed by atoms with Crippen LogP contribution in [0.2, 0.25) is 0 Å². The van der Waals surface area contributed by atoms with Crippen molar-refractivity contribution in [1.29, 1.82) is 0 Å². The van der Waals surface area contributed by atoms with Crippen LogP contribution in [-0.4, -0.2) is 40.3 Å². The summed E-state index contributed by atoms with van der Waals surface area (Å²) in [6.07, 6.45) is 0. The molecule has 0 aromatic heterocycles. The van der Waals surface area contributed by atoms with E-state index in [4.69, 9.17) is 0 Å². The largest absolute Gasteiger partial charge is 0.369 e. The summed E-state index contributed by atoms with van der Waals surface area (Å²) in [7, 11) is 0. The molecule has 1 fully saturated rings. The number of para-hydroxylation sites is 1. The van der Waals surface area contributed by atoms with Gasteiger partial charge in [-0.15, -0.1) is 0 Å². The topological polar surface area (TPSA) is 119 Å². The standard InChI is InChI=1S/C17H16N4O5S/c22-17(13-3-1-2-4-14(13)19-7-9-27-10-8-19)18-12-5-6-15(20(23)24)16(11-12)21(25)26/h1-6,11H,7-10H2,(H,18,22). The lowest BCUT2D eigenvalue weighted by Crippen LogP contribution is -2.34. The molecule has 0 bridgehead atoms. The Morgan fingerprint density at radius 3 is 2.33 bits per heavy atom. The van der Waals surface area contributed by atoms with Crippen molar-refractivity contribution < 1.29 is 14.6 Å². The normalized spacial score (nSPS) is 13.9. The van der Waals surface area contributed by atoms with Crippen molar-refractivity contribution in [2.45, 2.75) is 0 Å². The summed E-state index contributed by atoms with van der Waals surface area (Å²) in [6.45, 7) is 1.66. The molecule has 140 valence electrons. The highest BCUT2D eigenvalue weighted by Crippen LogP contribution is 2.30. The van der Waals surface area contributed by atoms with E-state index >= 15 is 0 Å². The highest BCUT2D eigenvalue weighted by molar-refractivity contribution is 7.99. The predicted molar refractivity (Wildman–Crippen MR) is 104 cm³/mol. The van der Waals surface area contributed by atoms with Gasteiger partial charge < -0.3 is 10.2 Å². The number of carbonyl (C=O) groups excluding carboxylic acids is 1. The second kappa shape index (κ2) is 8.04. The van der Waals surface area contributed by atoms with Gasteiger partial charge >= 0.3 is 11.4 Å². The highest BCUT2D eigenvalue weighted by atomic mass is 32.2. The fraction of sp³-hybridized carbons (Fsp3) is 0.235. The van der Waals surface area contributed by atoms with Crippen LogP contribution in [-0.2, 0) is 0 Å². The Labute approximate surface area is 158 Å². The average molecular weight is 388 g/mol. The minimum Gasteiger partial charge on any atom is -0.369 e. The Kier molecular flexibility index (Phi) is 5.55. The van der Waals surface area contributed by atoms with Gasteiger partial charge in [0.1, 0.15) is 0 Å². The molecule has 0 aliphatic carbocycles. The average Bonchev–Trinajstić information content (AvgIpc) is 2.68. The molecule has 1 aliphatic rings.